The van der Waals surface area contributed by atoms with Crippen molar-refractivity contribution in [1.82, 2.24) is 49.4 Å². The maximum Gasteiger partial charge on any atom is 0.250 e. The van der Waals surface area contributed by atoms with E-state index in [-0.39, 0.29) is 11.6 Å². The Morgan fingerprint density at radius 1 is 0.623 bits per heavy atom. The molecule has 3 aromatic rings. The van der Waals surface area contributed by atoms with Crippen LogP contribution in [0.5, 0.6) is 0 Å². The summed E-state index contributed by atoms with van der Waals surface area (Å²) >= 11 is 0. The van der Waals surface area contributed by atoms with Crippen molar-refractivity contribution in [2.45, 2.75) is 139 Å². The van der Waals surface area contributed by atoms with E-state index in [1.807, 2.05) is 61.9 Å². The third kappa shape index (κ3) is 20.4. The van der Waals surface area contributed by atoms with Gasteiger partial charge < -0.3 is 14.4 Å². The maximum atomic E-state index is 11.0. The molecule has 0 atom stereocenters. The second-order valence-electron chi connectivity index (χ2n) is 14.6. The van der Waals surface area contributed by atoms with Gasteiger partial charge in [0.1, 0.15) is 0 Å². The molecule has 296 valence electrons. The summed E-state index contributed by atoms with van der Waals surface area (Å²) in [5.74, 6) is 0. The molecule has 0 unspecified atom stereocenters. The van der Waals surface area contributed by atoms with E-state index in [2.05, 4.69) is 117 Å². The SMILES string of the molecule is C=C1C=CN(C(C)C)C=C1.CC(C)N1CCCCC1.CC(C)N1CCN=N1.CC(C)n1ccccc1=O.CC(C)n1ccnn1.CC(C)n1ccnn1. The number of hydrogen-bond acceptors (Lipinski definition) is 10. The number of aromatic nitrogens is 7. The molecule has 6 heterocycles. The van der Waals surface area contributed by atoms with E-state index in [0.717, 1.165) is 24.7 Å². The standard InChI is InChI=1S/C9H13N.C8H11NO.C8H17N.C5H11N3.2C5H9N3/c1-8(2)10-6-4-9(3)5-7-10;1-7(2)9-6-4-3-5-8(9)10;1-8(2)9-6-4-3-5-7-9;3*1-5(2)8-4-3-6-7-8/h4-8H,3H2,1-2H3;3-7H,1-2H3;8H,3-7H2,1-2H3;5H,3-4H2,1-2H3;2*3-5H,1-2H3. The van der Waals surface area contributed by atoms with Gasteiger partial charge in [0.05, 0.1) is 25.5 Å². The number of hydrogen-bond donors (Lipinski definition) is 0. The molecule has 3 aromatic heterocycles. The summed E-state index contributed by atoms with van der Waals surface area (Å²) in [4.78, 5) is 15.7. The lowest BCUT2D eigenvalue weighted by atomic mass is 10.1. The Labute approximate surface area is 320 Å². The second kappa shape index (κ2) is 26.4. The van der Waals surface area contributed by atoms with Crippen molar-refractivity contribution in [3.05, 3.63) is 96.2 Å². The van der Waals surface area contributed by atoms with Crippen LogP contribution >= 0.6 is 0 Å². The van der Waals surface area contributed by atoms with Crippen LogP contribution in [0.2, 0.25) is 0 Å². The topological polar surface area (TPSA) is 118 Å². The minimum atomic E-state index is 0.0671. The highest BCUT2D eigenvalue weighted by atomic mass is 16.1. The van der Waals surface area contributed by atoms with Gasteiger partial charge in [-0.1, -0.05) is 34.7 Å². The third-order valence-corrected chi connectivity index (χ3v) is 8.19. The molecule has 13 nitrogen and oxygen atoms in total. The first-order valence-electron chi connectivity index (χ1n) is 19.2. The molecular weight excluding hydrogens is 665 g/mol. The van der Waals surface area contributed by atoms with Crippen LogP contribution in [-0.2, 0) is 0 Å². The van der Waals surface area contributed by atoms with Crippen molar-refractivity contribution in [3.63, 3.8) is 0 Å². The van der Waals surface area contributed by atoms with E-state index in [4.69, 9.17) is 0 Å². The van der Waals surface area contributed by atoms with Crippen molar-refractivity contribution >= 4 is 0 Å². The van der Waals surface area contributed by atoms with Crippen LogP contribution in [-0.4, -0.2) is 93.7 Å². The van der Waals surface area contributed by atoms with E-state index in [1.165, 1.54) is 32.4 Å². The minimum Gasteiger partial charge on any atom is -0.352 e. The van der Waals surface area contributed by atoms with Gasteiger partial charge in [0.2, 0.25) is 0 Å². The van der Waals surface area contributed by atoms with Crippen LogP contribution in [0.25, 0.3) is 0 Å². The number of likely N-dealkylation sites (tertiary alicyclic amines) is 1. The summed E-state index contributed by atoms with van der Waals surface area (Å²) in [5.41, 5.74) is 1.13. The Morgan fingerprint density at radius 2 is 1.17 bits per heavy atom. The summed E-state index contributed by atoms with van der Waals surface area (Å²) in [6, 6.07) is 8.12. The highest BCUT2D eigenvalue weighted by molar-refractivity contribution is 5.30. The molecule has 1 fully saturated rings. The first-order chi connectivity index (χ1) is 25.1. The number of allylic oxidation sites excluding steroid dienone is 3. The number of piperidine rings is 1. The fourth-order valence-corrected chi connectivity index (χ4v) is 4.78. The van der Waals surface area contributed by atoms with Crippen LogP contribution < -0.4 is 5.56 Å². The molecule has 6 rings (SSSR count). The predicted octanol–water partition coefficient (Wildman–Crippen LogP) is 8.40. The van der Waals surface area contributed by atoms with Gasteiger partial charge in [-0.05, 0) is 133 Å². The third-order valence-electron chi connectivity index (χ3n) is 8.19. The highest BCUT2D eigenvalue weighted by Crippen LogP contribution is 2.11. The zero-order chi connectivity index (χ0) is 39.8. The van der Waals surface area contributed by atoms with Crippen molar-refractivity contribution in [3.8, 4) is 0 Å². The highest BCUT2D eigenvalue weighted by Gasteiger charge is 2.12. The first-order valence-corrected chi connectivity index (χ1v) is 19.2. The van der Waals surface area contributed by atoms with Crippen LogP contribution in [0.4, 0.5) is 0 Å². The van der Waals surface area contributed by atoms with Crippen molar-refractivity contribution in [2.24, 2.45) is 10.3 Å². The lowest BCUT2D eigenvalue weighted by Gasteiger charge is -2.29. The molecule has 0 spiro atoms. The summed E-state index contributed by atoms with van der Waals surface area (Å²) in [6.07, 6.45) is 21.3. The Morgan fingerprint density at radius 3 is 1.45 bits per heavy atom. The van der Waals surface area contributed by atoms with Gasteiger partial charge in [0, 0.05) is 73.3 Å². The van der Waals surface area contributed by atoms with Gasteiger partial charge in [-0.2, -0.15) is 5.11 Å². The van der Waals surface area contributed by atoms with Gasteiger partial charge >= 0.3 is 0 Å². The fraction of sp³-hybridized carbons (Fsp3) is 0.625. The summed E-state index contributed by atoms with van der Waals surface area (Å²) in [5, 5.41) is 24.6. The number of pyridine rings is 1. The molecule has 13 heteroatoms. The van der Waals surface area contributed by atoms with Gasteiger partial charge in [0.15, 0.2) is 0 Å². The Bertz CT molecular complexity index is 1430. The molecule has 0 radical (unpaired) electrons. The fourth-order valence-electron chi connectivity index (χ4n) is 4.78. The van der Waals surface area contributed by atoms with Crippen molar-refractivity contribution in [1.29, 1.82) is 0 Å². The summed E-state index contributed by atoms with van der Waals surface area (Å²) in [6.45, 7) is 33.7. The Balaban J connectivity index is 0.000000319. The molecule has 3 aliphatic rings. The molecule has 53 heavy (non-hydrogen) atoms. The molecule has 0 saturated carbocycles. The normalized spacial score (nSPS) is 15.0. The average Bonchev–Trinajstić information content (AvgIpc) is 3.95. The minimum absolute atomic E-state index is 0.0671. The molecular formula is C40H70N12O. The molecule has 0 aliphatic carbocycles. The van der Waals surface area contributed by atoms with E-state index >= 15 is 0 Å². The quantitative estimate of drug-likeness (QED) is 0.248. The van der Waals surface area contributed by atoms with Crippen molar-refractivity contribution < 1.29 is 0 Å². The zero-order valence-corrected chi connectivity index (χ0v) is 34.8. The van der Waals surface area contributed by atoms with Gasteiger partial charge in [-0.3, -0.25) is 19.2 Å². The van der Waals surface area contributed by atoms with E-state index in [9.17, 15) is 4.79 Å². The summed E-state index contributed by atoms with van der Waals surface area (Å²) in [7, 11) is 0. The second-order valence-corrected chi connectivity index (χ2v) is 14.6. The first kappa shape index (κ1) is 46.6. The molecule has 0 aromatic carbocycles. The maximum absolute atomic E-state index is 11.0. The van der Waals surface area contributed by atoms with Gasteiger partial charge in [0.25, 0.3) is 5.56 Å². The van der Waals surface area contributed by atoms with Crippen LogP contribution in [0.3, 0.4) is 0 Å². The average molecular weight is 735 g/mol. The van der Waals surface area contributed by atoms with Gasteiger partial charge in [-0.15, -0.1) is 10.2 Å². The predicted molar refractivity (Wildman–Crippen MR) is 218 cm³/mol. The van der Waals surface area contributed by atoms with E-state index < -0.39 is 0 Å². The van der Waals surface area contributed by atoms with Crippen LogP contribution in [0.15, 0.2) is 101 Å². The number of nitrogens with zero attached hydrogens (tertiary/aromatic N) is 12. The van der Waals surface area contributed by atoms with Gasteiger partial charge in [-0.25, -0.2) is 0 Å². The van der Waals surface area contributed by atoms with E-state index in [1.54, 1.807) is 44.7 Å². The summed E-state index contributed by atoms with van der Waals surface area (Å²) < 4.78 is 5.31. The molecule has 3 aliphatic heterocycles. The van der Waals surface area contributed by atoms with Crippen LogP contribution in [0, 0.1) is 0 Å². The molecule has 0 amide bonds. The zero-order valence-electron chi connectivity index (χ0n) is 34.8. The van der Waals surface area contributed by atoms with Crippen molar-refractivity contribution in [2.75, 3.05) is 26.2 Å². The Kier molecular flexibility index (Phi) is 23.2. The smallest absolute Gasteiger partial charge is 0.250 e. The lowest BCUT2D eigenvalue weighted by molar-refractivity contribution is 0.185. The monoisotopic (exact) mass is 735 g/mol. The molecule has 1 saturated heterocycles. The van der Waals surface area contributed by atoms with E-state index in [0.29, 0.717) is 24.2 Å². The molecule has 0 N–H and O–H groups in total. The van der Waals surface area contributed by atoms with Crippen LogP contribution in [0.1, 0.15) is 120 Å². The lowest BCUT2D eigenvalue weighted by Crippen LogP contribution is -2.35. The largest absolute Gasteiger partial charge is 0.352 e. The Hall–Kier alpha value is -4.39. The number of rotatable bonds is 6. The molecule has 0 bridgehead atoms.